The fraction of sp³-hybridized carbons (Fsp3) is 0.500. The summed E-state index contributed by atoms with van der Waals surface area (Å²) in [7, 11) is 0. The SMILES string of the molecule is C=C(CN1CCNCC1)c1ccc(C)o1. The van der Waals surface area contributed by atoms with Crippen LogP contribution in [0.1, 0.15) is 11.5 Å². The highest BCUT2D eigenvalue weighted by Gasteiger charge is 2.12. The van der Waals surface area contributed by atoms with Crippen molar-refractivity contribution in [1.82, 2.24) is 10.2 Å². The van der Waals surface area contributed by atoms with E-state index in [0.29, 0.717) is 0 Å². The second-order valence-corrected chi connectivity index (χ2v) is 4.04. The number of nitrogens with zero attached hydrogens (tertiary/aromatic N) is 1. The topological polar surface area (TPSA) is 28.4 Å². The molecule has 0 atom stereocenters. The Morgan fingerprint density at radius 3 is 2.80 bits per heavy atom. The van der Waals surface area contributed by atoms with Gasteiger partial charge in [-0.2, -0.15) is 0 Å². The average Bonchev–Trinajstić information content (AvgIpc) is 2.66. The lowest BCUT2D eigenvalue weighted by Gasteiger charge is -2.27. The molecule has 1 aliphatic rings. The van der Waals surface area contributed by atoms with Gasteiger partial charge in [-0.3, -0.25) is 4.90 Å². The lowest BCUT2D eigenvalue weighted by molar-refractivity contribution is 0.267. The Morgan fingerprint density at radius 1 is 1.47 bits per heavy atom. The van der Waals surface area contributed by atoms with Crippen LogP contribution in [0.15, 0.2) is 23.1 Å². The first kappa shape index (κ1) is 10.5. The molecule has 0 aliphatic carbocycles. The Kier molecular flexibility index (Phi) is 3.23. The fourth-order valence-corrected chi connectivity index (χ4v) is 1.84. The molecule has 15 heavy (non-hydrogen) atoms. The summed E-state index contributed by atoms with van der Waals surface area (Å²) in [6.45, 7) is 11.3. The van der Waals surface area contributed by atoms with Crippen molar-refractivity contribution in [3.05, 3.63) is 30.2 Å². The van der Waals surface area contributed by atoms with Crippen LogP contribution in [0, 0.1) is 6.92 Å². The Bertz CT molecular complexity index is 337. The summed E-state index contributed by atoms with van der Waals surface area (Å²) < 4.78 is 5.54. The molecule has 0 spiro atoms. The van der Waals surface area contributed by atoms with Gasteiger partial charge in [-0.1, -0.05) is 6.58 Å². The summed E-state index contributed by atoms with van der Waals surface area (Å²) in [5, 5.41) is 3.34. The molecule has 0 radical (unpaired) electrons. The second kappa shape index (κ2) is 4.64. The van der Waals surface area contributed by atoms with Crippen molar-refractivity contribution >= 4 is 5.57 Å². The molecule has 1 fully saturated rings. The van der Waals surface area contributed by atoms with Crippen LogP contribution in [0.4, 0.5) is 0 Å². The molecule has 0 saturated carbocycles. The van der Waals surface area contributed by atoms with Gasteiger partial charge in [0.1, 0.15) is 11.5 Å². The normalized spacial score (nSPS) is 17.9. The summed E-state index contributed by atoms with van der Waals surface area (Å²) >= 11 is 0. The Morgan fingerprint density at radius 2 is 2.20 bits per heavy atom. The van der Waals surface area contributed by atoms with Gasteiger partial charge in [0.15, 0.2) is 0 Å². The first-order valence-electron chi connectivity index (χ1n) is 5.43. The molecule has 0 bridgehead atoms. The van der Waals surface area contributed by atoms with Crippen molar-refractivity contribution in [2.75, 3.05) is 32.7 Å². The number of furan rings is 1. The van der Waals surface area contributed by atoms with Crippen LogP contribution in [0.25, 0.3) is 5.57 Å². The number of rotatable bonds is 3. The number of hydrogen-bond donors (Lipinski definition) is 1. The summed E-state index contributed by atoms with van der Waals surface area (Å²) in [5.41, 5.74) is 1.07. The molecule has 1 aromatic rings. The maximum Gasteiger partial charge on any atom is 0.130 e. The van der Waals surface area contributed by atoms with Crippen LogP contribution in [0.2, 0.25) is 0 Å². The first-order chi connectivity index (χ1) is 7.25. The lowest BCUT2D eigenvalue weighted by Crippen LogP contribution is -2.43. The van der Waals surface area contributed by atoms with Gasteiger partial charge < -0.3 is 9.73 Å². The lowest BCUT2D eigenvalue weighted by atomic mass is 10.2. The third-order valence-electron chi connectivity index (χ3n) is 2.71. The quantitative estimate of drug-likeness (QED) is 0.812. The number of aryl methyl sites for hydroxylation is 1. The maximum absolute atomic E-state index is 5.54. The molecule has 1 N–H and O–H groups in total. The van der Waals surface area contributed by atoms with Crippen molar-refractivity contribution in [1.29, 1.82) is 0 Å². The van der Waals surface area contributed by atoms with Gasteiger partial charge in [0.05, 0.1) is 0 Å². The Labute approximate surface area is 90.8 Å². The van der Waals surface area contributed by atoms with Gasteiger partial charge >= 0.3 is 0 Å². The van der Waals surface area contributed by atoms with E-state index < -0.39 is 0 Å². The van der Waals surface area contributed by atoms with Gasteiger partial charge in [0.2, 0.25) is 0 Å². The van der Waals surface area contributed by atoms with Crippen molar-refractivity contribution in [2.45, 2.75) is 6.92 Å². The minimum atomic E-state index is 0.911. The van der Waals surface area contributed by atoms with E-state index in [1.165, 1.54) is 0 Å². The summed E-state index contributed by atoms with van der Waals surface area (Å²) in [4.78, 5) is 2.40. The molecule has 3 nitrogen and oxygen atoms in total. The van der Waals surface area contributed by atoms with Crippen LogP contribution >= 0.6 is 0 Å². The van der Waals surface area contributed by atoms with Crippen LogP contribution in [-0.2, 0) is 0 Å². The molecule has 2 heterocycles. The second-order valence-electron chi connectivity index (χ2n) is 4.04. The molecule has 82 valence electrons. The van der Waals surface area contributed by atoms with E-state index in [1.54, 1.807) is 0 Å². The van der Waals surface area contributed by atoms with E-state index in [-0.39, 0.29) is 0 Å². The molecule has 0 aromatic carbocycles. The van der Waals surface area contributed by atoms with E-state index in [1.807, 2.05) is 19.1 Å². The first-order valence-corrected chi connectivity index (χ1v) is 5.43. The third-order valence-corrected chi connectivity index (χ3v) is 2.71. The van der Waals surface area contributed by atoms with Crippen LogP contribution in [0.3, 0.4) is 0 Å². The summed E-state index contributed by atoms with van der Waals surface area (Å²) in [6, 6.07) is 3.98. The number of hydrogen-bond acceptors (Lipinski definition) is 3. The van der Waals surface area contributed by atoms with E-state index in [4.69, 9.17) is 4.42 Å². The molecule has 1 saturated heterocycles. The van der Waals surface area contributed by atoms with E-state index in [9.17, 15) is 0 Å². The van der Waals surface area contributed by atoms with E-state index in [2.05, 4.69) is 16.8 Å². The minimum absolute atomic E-state index is 0.911. The molecule has 1 aromatic heterocycles. The predicted molar refractivity (Wildman–Crippen MR) is 61.8 cm³/mol. The van der Waals surface area contributed by atoms with Gasteiger partial charge in [-0.15, -0.1) is 0 Å². The molecule has 0 unspecified atom stereocenters. The van der Waals surface area contributed by atoms with Crippen molar-refractivity contribution < 1.29 is 4.42 Å². The molecule has 2 rings (SSSR count). The molecular formula is C12H18N2O. The fourth-order valence-electron chi connectivity index (χ4n) is 1.84. The predicted octanol–water partition coefficient (Wildman–Crippen LogP) is 1.51. The third kappa shape index (κ3) is 2.70. The Hall–Kier alpha value is -1.06. The monoisotopic (exact) mass is 206 g/mol. The van der Waals surface area contributed by atoms with Gasteiger partial charge in [0.25, 0.3) is 0 Å². The van der Waals surface area contributed by atoms with Crippen molar-refractivity contribution in [3.63, 3.8) is 0 Å². The van der Waals surface area contributed by atoms with Crippen LogP contribution in [0.5, 0.6) is 0 Å². The molecule has 1 aliphatic heterocycles. The van der Waals surface area contributed by atoms with Crippen molar-refractivity contribution in [2.24, 2.45) is 0 Å². The summed E-state index contributed by atoms with van der Waals surface area (Å²) in [5.74, 6) is 1.87. The summed E-state index contributed by atoms with van der Waals surface area (Å²) in [6.07, 6.45) is 0. The standard InChI is InChI=1S/C12H18N2O/c1-10(12-4-3-11(2)15-12)9-14-7-5-13-6-8-14/h3-4,13H,1,5-9H2,2H3. The van der Waals surface area contributed by atoms with Crippen LogP contribution in [-0.4, -0.2) is 37.6 Å². The van der Waals surface area contributed by atoms with Gasteiger partial charge in [0, 0.05) is 38.3 Å². The molecule has 3 heteroatoms. The zero-order valence-electron chi connectivity index (χ0n) is 9.25. The van der Waals surface area contributed by atoms with Crippen molar-refractivity contribution in [3.8, 4) is 0 Å². The van der Waals surface area contributed by atoms with Gasteiger partial charge in [-0.05, 0) is 19.1 Å². The highest BCUT2D eigenvalue weighted by Crippen LogP contribution is 2.16. The minimum Gasteiger partial charge on any atom is -0.462 e. The van der Waals surface area contributed by atoms with Crippen LogP contribution < -0.4 is 5.32 Å². The maximum atomic E-state index is 5.54. The Balaban J connectivity index is 1.91. The smallest absolute Gasteiger partial charge is 0.130 e. The molecule has 0 amide bonds. The van der Waals surface area contributed by atoms with E-state index >= 15 is 0 Å². The van der Waals surface area contributed by atoms with Gasteiger partial charge in [-0.25, -0.2) is 0 Å². The number of piperazine rings is 1. The average molecular weight is 206 g/mol. The van der Waals surface area contributed by atoms with E-state index in [0.717, 1.165) is 49.8 Å². The zero-order valence-corrected chi connectivity index (χ0v) is 9.25. The largest absolute Gasteiger partial charge is 0.462 e. The zero-order chi connectivity index (χ0) is 10.7. The molecular weight excluding hydrogens is 188 g/mol. The number of nitrogens with one attached hydrogen (secondary N) is 1. The highest BCUT2D eigenvalue weighted by atomic mass is 16.3. The highest BCUT2D eigenvalue weighted by molar-refractivity contribution is 5.60.